The molecule has 132 valence electrons. The summed E-state index contributed by atoms with van der Waals surface area (Å²) in [6, 6.07) is 10.3. The van der Waals surface area contributed by atoms with Gasteiger partial charge in [-0.2, -0.15) is 11.3 Å². The van der Waals surface area contributed by atoms with Crippen LogP contribution in [0, 0.1) is 0 Å². The van der Waals surface area contributed by atoms with Crippen LogP contribution >= 0.6 is 11.3 Å². The Balaban J connectivity index is 1.64. The Morgan fingerprint density at radius 3 is 2.60 bits per heavy atom. The molecule has 0 aliphatic carbocycles. The van der Waals surface area contributed by atoms with E-state index in [0.29, 0.717) is 12.5 Å². The Labute approximate surface area is 152 Å². The lowest BCUT2D eigenvalue weighted by atomic mass is 10.0. The van der Waals surface area contributed by atoms with Crippen molar-refractivity contribution < 1.29 is 14.3 Å². The minimum Gasteiger partial charge on any atom is -0.452 e. The fourth-order valence-electron chi connectivity index (χ4n) is 2.19. The zero-order valence-corrected chi connectivity index (χ0v) is 15.3. The number of nitrogens with one attached hydrogen (secondary N) is 1. The van der Waals surface area contributed by atoms with Gasteiger partial charge in [0, 0.05) is 12.6 Å². The standard InChI is InChI=1S/C20H23NO3S/c1-15(2)18-6-3-16(4-7-18)9-11-21-19(22)13-24-20(23)8-5-17-10-12-25-14-17/h3-8,10,12,14-15H,9,11,13H2,1-2H3,(H,21,22)/b8-5+. The van der Waals surface area contributed by atoms with E-state index >= 15 is 0 Å². The third-order valence-corrected chi connectivity index (χ3v) is 4.38. The van der Waals surface area contributed by atoms with E-state index < -0.39 is 5.97 Å². The van der Waals surface area contributed by atoms with E-state index in [-0.39, 0.29) is 12.5 Å². The van der Waals surface area contributed by atoms with Crippen LogP contribution in [0.1, 0.15) is 36.5 Å². The molecule has 5 heteroatoms. The van der Waals surface area contributed by atoms with Crippen LogP contribution in [0.25, 0.3) is 6.08 Å². The molecule has 1 amide bonds. The Morgan fingerprint density at radius 1 is 1.20 bits per heavy atom. The molecule has 0 saturated heterocycles. The summed E-state index contributed by atoms with van der Waals surface area (Å²) in [5, 5.41) is 6.60. The maximum atomic E-state index is 11.7. The summed E-state index contributed by atoms with van der Waals surface area (Å²) < 4.78 is 4.91. The lowest BCUT2D eigenvalue weighted by molar-refractivity contribution is -0.143. The summed E-state index contributed by atoms with van der Waals surface area (Å²) in [7, 11) is 0. The average Bonchev–Trinajstić information content (AvgIpc) is 3.12. The van der Waals surface area contributed by atoms with Crippen molar-refractivity contribution >= 4 is 29.3 Å². The summed E-state index contributed by atoms with van der Waals surface area (Å²) in [6.07, 6.45) is 3.74. The van der Waals surface area contributed by atoms with E-state index in [1.54, 1.807) is 17.4 Å². The van der Waals surface area contributed by atoms with Crippen LogP contribution in [0.2, 0.25) is 0 Å². The SMILES string of the molecule is CC(C)c1ccc(CCNC(=O)COC(=O)/C=C/c2ccsc2)cc1. The van der Waals surface area contributed by atoms with Gasteiger partial charge in [0.15, 0.2) is 6.61 Å². The molecule has 1 aromatic carbocycles. The van der Waals surface area contributed by atoms with Gasteiger partial charge in [-0.1, -0.05) is 38.1 Å². The second-order valence-corrected chi connectivity index (χ2v) is 6.77. The van der Waals surface area contributed by atoms with Crippen LogP contribution in [0.3, 0.4) is 0 Å². The first-order valence-corrected chi connectivity index (χ1v) is 9.21. The monoisotopic (exact) mass is 357 g/mol. The number of carbonyl (C=O) groups excluding carboxylic acids is 2. The highest BCUT2D eigenvalue weighted by Crippen LogP contribution is 2.14. The molecule has 0 unspecified atom stereocenters. The molecule has 0 radical (unpaired) electrons. The van der Waals surface area contributed by atoms with Gasteiger partial charge in [-0.3, -0.25) is 4.79 Å². The minimum absolute atomic E-state index is 0.265. The summed E-state index contributed by atoms with van der Waals surface area (Å²) in [4.78, 5) is 23.2. The first-order chi connectivity index (χ1) is 12.0. The summed E-state index contributed by atoms with van der Waals surface area (Å²) in [5.74, 6) is -0.307. The zero-order valence-electron chi connectivity index (χ0n) is 14.5. The fraction of sp³-hybridized carbons (Fsp3) is 0.300. The van der Waals surface area contributed by atoms with Crippen LogP contribution in [0.15, 0.2) is 47.2 Å². The number of hydrogen-bond donors (Lipinski definition) is 1. The molecule has 1 N–H and O–H groups in total. The number of hydrogen-bond acceptors (Lipinski definition) is 4. The van der Waals surface area contributed by atoms with Crippen LogP contribution in [-0.2, 0) is 20.7 Å². The predicted octanol–water partition coefficient (Wildman–Crippen LogP) is 3.79. The second-order valence-electron chi connectivity index (χ2n) is 5.99. The van der Waals surface area contributed by atoms with Gasteiger partial charge in [0.25, 0.3) is 5.91 Å². The molecule has 1 heterocycles. The first-order valence-electron chi connectivity index (χ1n) is 8.27. The minimum atomic E-state index is -0.523. The Bertz CT molecular complexity index is 703. The van der Waals surface area contributed by atoms with Crippen molar-refractivity contribution in [2.45, 2.75) is 26.2 Å². The number of benzene rings is 1. The van der Waals surface area contributed by atoms with Crippen molar-refractivity contribution in [1.82, 2.24) is 5.32 Å². The van der Waals surface area contributed by atoms with Gasteiger partial charge in [-0.25, -0.2) is 4.79 Å². The van der Waals surface area contributed by atoms with E-state index in [1.807, 2.05) is 16.8 Å². The largest absolute Gasteiger partial charge is 0.452 e. The molecule has 0 bridgehead atoms. The summed E-state index contributed by atoms with van der Waals surface area (Å²) in [6.45, 7) is 4.57. The van der Waals surface area contributed by atoms with Gasteiger partial charge in [-0.15, -0.1) is 0 Å². The van der Waals surface area contributed by atoms with Crippen molar-refractivity contribution in [2.24, 2.45) is 0 Å². The Kier molecular flexibility index (Phi) is 7.41. The van der Waals surface area contributed by atoms with Gasteiger partial charge < -0.3 is 10.1 Å². The fourth-order valence-corrected chi connectivity index (χ4v) is 2.81. The van der Waals surface area contributed by atoms with Crippen LogP contribution in [0.5, 0.6) is 0 Å². The highest BCUT2D eigenvalue weighted by atomic mass is 32.1. The highest BCUT2D eigenvalue weighted by Gasteiger charge is 2.05. The van der Waals surface area contributed by atoms with Crippen LogP contribution in [-0.4, -0.2) is 25.0 Å². The van der Waals surface area contributed by atoms with Crippen LogP contribution < -0.4 is 5.32 Å². The quantitative estimate of drug-likeness (QED) is 0.578. The van der Waals surface area contributed by atoms with Crippen LogP contribution in [0.4, 0.5) is 0 Å². The zero-order chi connectivity index (χ0) is 18.1. The molecule has 0 aliphatic rings. The Hall–Kier alpha value is -2.40. The number of carbonyl (C=O) groups is 2. The maximum absolute atomic E-state index is 11.7. The molecule has 25 heavy (non-hydrogen) atoms. The number of amides is 1. The molecular formula is C20H23NO3S. The van der Waals surface area contributed by atoms with Gasteiger partial charge >= 0.3 is 5.97 Å². The molecule has 2 rings (SSSR count). The lowest BCUT2D eigenvalue weighted by Gasteiger charge is -2.08. The van der Waals surface area contributed by atoms with E-state index in [9.17, 15) is 9.59 Å². The molecule has 0 fully saturated rings. The van der Waals surface area contributed by atoms with E-state index in [4.69, 9.17) is 4.74 Å². The molecule has 0 spiro atoms. The molecule has 4 nitrogen and oxygen atoms in total. The van der Waals surface area contributed by atoms with E-state index in [1.165, 1.54) is 17.2 Å². The molecule has 1 aromatic heterocycles. The molecule has 2 aromatic rings. The smallest absolute Gasteiger partial charge is 0.331 e. The maximum Gasteiger partial charge on any atom is 0.331 e. The van der Waals surface area contributed by atoms with E-state index in [2.05, 4.69) is 43.4 Å². The third-order valence-electron chi connectivity index (χ3n) is 3.68. The van der Waals surface area contributed by atoms with Gasteiger partial charge in [0.1, 0.15) is 0 Å². The first kappa shape index (κ1) is 18.9. The van der Waals surface area contributed by atoms with Crippen molar-refractivity contribution in [3.05, 3.63) is 63.9 Å². The summed E-state index contributed by atoms with van der Waals surface area (Å²) >= 11 is 1.55. The van der Waals surface area contributed by atoms with Crippen molar-refractivity contribution in [3.63, 3.8) is 0 Å². The third kappa shape index (κ3) is 6.93. The van der Waals surface area contributed by atoms with Crippen molar-refractivity contribution in [3.8, 4) is 0 Å². The lowest BCUT2D eigenvalue weighted by Crippen LogP contribution is -2.30. The number of thiophene rings is 1. The predicted molar refractivity (Wildman–Crippen MR) is 102 cm³/mol. The normalized spacial score (nSPS) is 11.0. The number of ether oxygens (including phenoxy) is 1. The molecular weight excluding hydrogens is 334 g/mol. The highest BCUT2D eigenvalue weighted by molar-refractivity contribution is 7.08. The second kappa shape index (κ2) is 9.79. The molecule has 0 saturated carbocycles. The van der Waals surface area contributed by atoms with Gasteiger partial charge in [0.05, 0.1) is 0 Å². The summed E-state index contributed by atoms with van der Waals surface area (Å²) in [5.41, 5.74) is 3.41. The molecule has 0 atom stereocenters. The van der Waals surface area contributed by atoms with Crippen molar-refractivity contribution in [1.29, 1.82) is 0 Å². The average molecular weight is 357 g/mol. The van der Waals surface area contributed by atoms with Crippen molar-refractivity contribution in [2.75, 3.05) is 13.2 Å². The number of rotatable bonds is 8. The topological polar surface area (TPSA) is 55.4 Å². The van der Waals surface area contributed by atoms with Gasteiger partial charge in [0.2, 0.25) is 0 Å². The Morgan fingerprint density at radius 2 is 1.96 bits per heavy atom. The molecule has 0 aliphatic heterocycles. The van der Waals surface area contributed by atoms with Gasteiger partial charge in [-0.05, 0) is 51.9 Å². The van der Waals surface area contributed by atoms with E-state index in [0.717, 1.165) is 12.0 Å². The number of esters is 1.